The molecule has 1 aliphatic heterocycles. The summed E-state index contributed by atoms with van der Waals surface area (Å²) in [6.07, 6.45) is 5.37. The first-order valence-corrected chi connectivity index (χ1v) is 7.58. The third-order valence-corrected chi connectivity index (χ3v) is 4.33. The van der Waals surface area contributed by atoms with E-state index in [4.69, 9.17) is 4.74 Å². The number of hydrogen-bond acceptors (Lipinski definition) is 4. The van der Waals surface area contributed by atoms with Gasteiger partial charge in [-0.15, -0.1) is 10.9 Å². The molecule has 5 heteroatoms. The average Bonchev–Trinajstić information content (AvgIpc) is 2.79. The smallest absolute Gasteiger partial charge is 0.335 e. The van der Waals surface area contributed by atoms with Gasteiger partial charge in [0.1, 0.15) is 11.8 Å². The van der Waals surface area contributed by atoms with Crippen molar-refractivity contribution >= 4 is 17.3 Å². The quantitative estimate of drug-likeness (QED) is 0.402. The van der Waals surface area contributed by atoms with Crippen molar-refractivity contribution in [1.82, 2.24) is 4.31 Å². The van der Waals surface area contributed by atoms with E-state index in [1.807, 2.05) is 0 Å². The van der Waals surface area contributed by atoms with Gasteiger partial charge in [0, 0.05) is 11.4 Å². The summed E-state index contributed by atoms with van der Waals surface area (Å²) in [5.41, 5.74) is 0.552. The molecule has 0 aliphatic carbocycles. The maximum Gasteiger partial charge on any atom is 0.335 e. The van der Waals surface area contributed by atoms with Crippen molar-refractivity contribution in [3.8, 4) is 0 Å². The second-order valence-corrected chi connectivity index (χ2v) is 5.56. The lowest BCUT2D eigenvalue weighted by Gasteiger charge is -2.25. The van der Waals surface area contributed by atoms with Crippen LogP contribution in [0.5, 0.6) is 0 Å². The van der Waals surface area contributed by atoms with Crippen LogP contribution in [0, 0.1) is 0 Å². The standard InChI is InChI=1S/C13H21NO3S/c1-4-7-10-18(16)14-9-8-11(12(14)5-2)13(15)17-6-3/h5,8,12H,2,4,6-7,9-10H2,1,3H3/t12-,18-/m0/s1. The number of nitrogens with zero attached hydrogens (tertiary/aromatic N) is 1. The highest BCUT2D eigenvalue weighted by Crippen LogP contribution is 2.24. The minimum absolute atomic E-state index is 0.290. The predicted molar refractivity (Wildman–Crippen MR) is 73.3 cm³/mol. The Morgan fingerprint density at radius 3 is 3.00 bits per heavy atom. The van der Waals surface area contributed by atoms with Crippen molar-refractivity contribution in [2.75, 3.05) is 18.9 Å². The third-order valence-electron chi connectivity index (χ3n) is 2.79. The van der Waals surface area contributed by atoms with Crippen molar-refractivity contribution in [2.45, 2.75) is 32.7 Å². The Balaban J connectivity index is 2.66. The van der Waals surface area contributed by atoms with Crippen LogP contribution in [0.1, 0.15) is 26.7 Å². The molecule has 0 amide bonds. The summed E-state index contributed by atoms with van der Waals surface area (Å²) in [5.74, 6) is 0.294. The lowest BCUT2D eigenvalue weighted by molar-refractivity contribution is -0.138. The number of ether oxygens (including phenoxy) is 1. The molecule has 1 heterocycles. The normalized spacial score (nSPS) is 21.5. The van der Waals surface area contributed by atoms with Crippen molar-refractivity contribution < 1.29 is 14.1 Å². The van der Waals surface area contributed by atoms with E-state index in [1.165, 1.54) is 0 Å². The largest absolute Gasteiger partial charge is 0.598 e. The molecule has 0 saturated carbocycles. The van der Waals surface area contributed by atoms with Gasteiger partial charge in [0.2, 0.25) is 0 Å². The van der Waals surface area contributed by atoms with E-state index >= 15 is 0 Å². The first kappa shape index (κ1) is 15.3. The second kappa shape index (κ2) is 7.61. The minimum atomic E-state index is -1.06. The van der Waals surface area contributed by atoms with Gasteiger partial charge in [-0.1, -0.05) is 25.5 Å². The Kier molecular flexibility index (Phi) is 6.46. The molecule has 0 spiro atoms. The van der Waals surface area contributed by atoms with E-state index in [-0.39, 0.29) is 12.0 Å². The Bertz CT molecular complexity index is 330. The molecule has 0 aromatic heterocycles. The van der Waals surface area contributed by atoms with Crippen LogP contribution < -0.4 is 0 Å². The zero-order chi connectivity index (χ0) is 13.5. The van der Waals surface area contributed by atoms with Gasteiger partial charge in [0.25, 0.3) is 0 Å². The topological polar surface area (TPSA) is 52.6 Å². The number of unbranched alkanes of at least 4 members (excludes halogenated alkanes) is 1. The predicted octanol–water partition coefficient (Wildman–Crippen LogP) is 1.81. The van der Waals surface area contributed by atoms with E-state index in [2.05, 4.69) is 13.5 Å². The Morgan fingerprint density at radius 2 is 2.44 bits per heavy atom. The van der Waals surface area contributed by atoms with Crippen LogP contribution in [0.3, 0.4) is 0 Å². The molecule has 1 aliphatic rings. The molecule has 0 N–H and O–H groups in total. The maximum atomic E-state index is 12.1. The van der Waals surface area contributed by atoms with Gasteiger partial charge in [-0.25, -0.2) is 4.79 Å². The monoisotopic (exact) mass is 271 g/mol. The van der Waals surface area contributed by atoms with E-state index in [1.54, 1.807) is 23.4 Å². The van der Waals surface area contributed by atoms with E-state index in [0.29, 0.717) is 24.5 Å². The first-order valence-electron chi connectivity index (χ1n) is 6.30. The van der Waals surface area contributed by atoms with Gasteiger partial charge >= 0.3 is 5.97 Å². The molecule has 1 rings (SSSR count). The first-order chi connectivity index (χ1) is 8.65. The van der Waals surface area contributed by atoms with Gasteiger partial charge < -0.3 is 9.29 Å². The highest BCUT2D eigenvalue weighted by molar-refractivity contribution is 7.89. The van der Waals surface area contributed by atoms with Gasteiger partial charge in [-0.05, 0) is 13.3 Å². The highest BCUT2D eigenvalue weighted by atomic mass is 32.2. The number of carbonyl (C=O) groups is 1. The summed E-state index contributed by atoms with van der Waals surface area (Å²) in [7, 11) is 0. The Morgan fingerprint density at radius 1 is 1.72 bits per heavy atom. The molecule has 0 unspecified atom stereocenters. The van der Waals surface area contributed by atoms with Crippen LogP contribution in [0.2, 0.25) is 0 Å². The van der Waals surface area contributed by atoms with Gasteiger partial charge in [-0.3, -0.25) is 0 Å². The van der Waals surface area contributed by atoms with Crippen LogP contribution in [-0.2, 0) is 20.9 Å². The van der Waals surface area contributed by atoms with Crippen LogP contribution in [-0.4, -0.2) is 39.8 Å². The molecule has 0 aromatic carbocycles. The van der Waals surface area contributed by atoms with Crippen molar-refractivity contribution in [3.63, 3.8) is 0 Å². The Hall–Kier alpha value is -0.780. The number of esters is 1. The molecule has 102 valence electrons. The van der Waals surface area contributed by atoms with E-state index in [0.717, 1.165) is 12.8 Å². The number of rotatable bonds is 7. The highest BCUT2D eigenvalue weighted by Gasteiger charge is 2.36. The summed E-state index contributed by atoms with van der Waals surface area (Å²) in [4.78, 5) is 11.7. The zero-order valence-corrected chi connectivity index (χ0v) is 11.9. The average molecular weight is 271 g/mol. The molecule has 0 saturated heterocycles. The zero-order valence-electron chi connectivity index (χ0n) is 11.1. The van der Waals surface area contributed by atoms with Crippen molar-refractivity contribution in [3.05, 3.63) is 24.3 Å². The van der Waals surface area contributed by atoms with Crippen LogP contribution in [0.25, 0.3) is 0 Å². The summed E-state index contributed by atoms with van der Waals surface area (Å²) in [6, 6.07) is -0.290. The van der Waals surface area contributed by atoms with Crippen molar-refractivity contribution in [2.24, 2.45) is 0 Å². The van der Waals surface area contributed by atoms with E-state index in [9.17, 15) is 9.35 Å². The molecule has 4 nitrogen and oxygen atoms in total. The van der Waals surface area contributed by atoms with Crippen LogP contribution in [0.15, 0.2) is 24.3 Å². The lowest BCUT2D eigenvalue weighted by Crippen LogP contribution is -2.39. The lowest BCUT2D eigenvalue weighted by atomic mass is 10.1. The second-order valence-electron chi connectivity index (χ2n) is 4.04. The van der Waals surface area contributed by atoms with Gasteiger partial charge in [-0.2, -0.15) is 0 Å². The summed E-state index contributed by atoms with van der Waals surface area (Å²) in [6.45, 7) is 8.42. The maximum absolute atomic E-state index is 12.1. The Labute approximate surface area is 112 Å². The molecule has 0 fully saturated rings. The van der Waals surface area contributed by atoms with Gasteiger partial charge in [0.05, 0.1) is 18.7 Å². The van der Waals surface area contributed by atoms with Gasteiger partial charge in [0.15, 0.2) is 0 Å². The fourth-order valence-corrected chi connectivity index (χ4v) is 3.30. The minimum Gasteiger partial charge on any atom is -0.598 e. The van der Waals surface area contributed by atoms with Crippen molar-refractivity contribution in [1.29, 1.82) is 0 Å². The molecule has 0 aromatic rings. The molecule has 2 atom stereocenters. The van der Waals surface area contributed by atoms with Crippen LogP contribution >= 0.6 is 0 Å². The van der Waals surface area contributed by atoms with Crippen LogP contribution in [0.4, 0.5) is 0 Å². The number of hydrogen-bond donors (Lipinski definition) is 0. The fourth-order valence-electron chi connectivity index (χ4n) is 1.84. The SMILES string of the molecule is C=C[C@H]1C(C(=O)OCC)=CCN1[S@@+]([O-])CCCC. The molecule has 18 heavy (non-hydrogen) atoms. The molecule has 0 bridgehead atoms. The fraction of sp³-hybridized carbons (Fsp3) is 0.615. The molecular formula is C13H21NO3S. The molecule has 0 radical (unpaired) electrons. The number of carbonyl (C=O) groups excluding carboxylic acids is 1. The third kappa shape index (κ3) is 3.60. The van der Waals surface area contributed by atoms with E-state index < -0.39 is 11.4 Å². The summed E-state index contributed by atoms with van der Waals surface area (Å²) >= 11 is -1.06. The summed E-state index contributed by atoms with van der Waals surface area (Å²) < 4.78 is 18.9. The summed E-state index contributed by atoms with van der Waals surface area (Å²) in [5, 5.41) is 0. The molecular weight excluding hydrogens is 250 g/mol.